The Morgan fingerprint density at radius 1 is 1.27 bits per heavy atom. The second-order valence-electron chi connectivity index (χ2n) is 6.23. The van der Waals surface area contributed by atoms with Gasteiger partial charge in [-0.1, -0.05) is 12.1 Å². The zero-order valence-electron chi connectivity index (χ0n) is 14.0. The fraction of sp³-hybridized carbons (Fsp3) is 0.263. The number of hydrogen-bond acceptors (Lipinski definition) is 5. The molecule has 0 radical (unpaired) electrons. The van der Waals surface area contributed by atoms with Crippen molar-refractivity contribution in [2.24, 2.45) is 0 Å². The van der Waals surface area contributed by atoms with Crippen LogP contribution in [0.2, 0.25) is 0 Å². The standard InChI is InChI=1S/C19H17FN4O2/c20-14-7-5-13(6-8-14)11-15-12-21-18(26-15)17-4-2-10-24(17)19(25)16-3-1-9-22-23-16/h1,3,5-9,12,17H,2,4,10-11H2/t17-/m0/s1. The number of aromatic nitrogens is 3. The van der Waals surface area contributed by atoms with Gasteiger partial charge in [0.15, 0.2) is 5.69 Å². The number of carbonyl (C=O) groups excluding carboxylic acids is 1. The Morgan fingerprint density at radius 2 is 2.12 bits per heavy atom. The Kier molecular flexibility index (Phi) is 4.43. The van der Waals surface area contributed by atoms with Gasteiger partial charge in [-0.25, -0.2) is 9.37 Å². The van der Waals surface area contributed by atoms with Crippen molar-refractivity contribution in [1.29, 1.82) is 0 Å². The van der Waals surface area contributed by atoms with Gasteiger partial charge in [-0.3, -0.25) is 4.79 Å². The van der Waals surface area contributed by atoms with Crippen molar-refractivity contribution in [2.75, 3.05) is 6.54 Å². The Hall–Kier alpha value is -3.09. The molecule has 0 bridgehead atoms. The number of rotatable bonds is 4. The van der Waals surface area contributed by atoms with Gasteiger partial charge in [0.1, 0.15) is 17.6 Å². The molecule has 0 N–H and O–H groups in total. The molecule has 0 spiro atoms. The highest BCUT2D eigenvalue weighted by Gasteiger charge is 2.34. The summed E-state index contributed by atoms with van der Waals surface area (Å²) in [5.41, 5.74) is 1.26. The number of benzene rings is 1. The molecule has 1 saturated heterocycles. The van der Waals surface area contributed by atoms with E-state index in [1.165, 1.54) is 18.3 Å². The second-order valence-corrected chi connectivity index (χ2v) is 6.23. The summed E-state index contributed by atoms with van der Waals surface area (Å²) in [6.45, 7) is 0.635. The van der Waals surface area contributed by atoms with Gasteiger partial charge in [0.05, 0.1) is 6.20 Å². The van der Waals surface area contributed by atoms with Crippen LogP contribution in [-0.4, -0.2) is 32.5 Å². The number of likely N-dealkylation sites (tertiary alicyclic amines) is 1. The topological polar surface area (TPSA) is 72.1 Å². The predicted octanol–water partition coefficient (Wildman–Crippen LogP) is 3.17. The van der Waals surface area contributed by atoms with Crippen LogP contribution >= 0.6 is 0 Å². The summed E-state index contributed by atoms with van der Waals surface area (Å²) in [5.74, 6) is 0.775. The number of oxazole rings is 1. The van der Waals surface area contributed by atoms with Crippen LogP contribution in [0.1, 0.15) is 46.6 Å². The quantitative estimate of drug-likeness (QED) is 0.721. The van der Waals surface area contributed by atoms with Gasteiger partial charge in [0, 0.05) is 19.2 Å². The molecule has 0 aliphatic carbocycles. The van der Waals surface area contributed by atoms with E-state index in [1.807, 2.05) is 0 Å². The maximum Gasteiger partial charge on any atom is 0.275 e. The maximum atomic E-state index is 13.0. The molecule has 1 aromatic carbocycles. The first-order valence-corrected chi connectivity index (χ1v) is 8.48. The van der Waals surface area contributed by atoms with Crippen LogP contribution < -0.4 is 0 Å². The lowest BCUT2D eigenvalue weighted by molar-refractivity contribution is 0.0707. The van der Waals surface area contributed by atoms with E-state index in [9.17, 15) is 9.18 Å². The molecule has 0 saturated carbocycles. The summed E-state index contributed by atoms with van der Waals surface area (Å²) in [5, 5.41) is 7.67. The normalized spacial score (nSPS) is 16.8. The SMILES string of the molecule is O=C(c1cccnn1)N1CCC[C@H]1c1ncc(Cc2ccc(F)cc2)o1. The number of carbonyl (C=O) groups is 1. The van der Waals surface area contributed by atoms with E-state index in [0.717, 1.165) is 18.4 Å². The third-order valence-electron chi connectivity index (χ3n) is 4.45. The molecule has 26 heavy (non-hydrogen) atoms. The van der Waals surface area contributed by atoms with Gasteiger partial charge in [-0.05, 0) is 42.7 Å². The molecule has 1 amide bonds. The zero-order valence-corrected chi connectivity index (χ0v) is 14.0. The van der Waals surface area contributed by atoms with Gasteiger partial charge >= 0.3 is 0 Å². The monoisotopic (exact) mass is 352 g/mol. The molecule has 1 aliphatic rings. The molecule has 3 heterocycles. The summed E-state index contributed by atoms with van der Waals surface area (Å²) < 4.78 is 18.9. The van der Waals surface area contributed by atoms with Crippen molar-refractivity contribution in [3.05, 3.63) is 77.5 Å². The summed E-state index contributed by atoms with van der Waals surface area (Å²) >= 11 is 0. The van der Waals surface area contributed by atoms with Crippen molar-refractivity contribution < 1.29 is 13.6 Å². The summed E-state index contributed by atoms with van der Waals surface area (Å²) in [4.78, 5) is 18.8. The zero-order chi connectivity index (χ0) is 17.9. The lowest BCUT2D eigenvalue weighted by Crippen LogP contribution is -2.31. The van der Waals surface area contributed by atoms with E-state index in [1.54, 1.807) is 35.4 Å². The molecule has 1 aliphatic heterocycles. The number of nitrogens with zero attached hydrogens (tertiary/aromatic N) is 4. The van der Waals surface area contributed by atoms with Crippen LogP contribution in [0.15, 0.2) is 53.2 Å². The highest BCUT2D eigenvalue weighted by atomic mass is 19.1. The number of halogens is 1. The van der Waals surface area contributed by atoms with Crippen LogP contribution in [0.5, 0.6) is 0 Å². The molecule has 6 nitrogen and oxygen atoms in total. The highest BCUT2D eigenvalue weighted by molar-refractivity contribution is 5.92. The third-order valence-corrected chi connectivity index (χ3v) is 4.45. The third kappa shape index (κ3) is 3.33. The summed E-state index contributed by atoms with van der Waals surface area (Å²) in [6, 6.07) is 9.42. The van der Waals surface area contributed by atoms with Crippen molar-refractivity contribution in [2.45, 2.75) is 25.3 Å². The molecular weight excluding hydrogens is 335 g/mol. The van der Waals surface area contributed by atoms with Crippen LogP contribution in [-0.2, 0) is 6.42 Å². The average molecular weight is 352 g/mol. The lowest BCUT2D eigenvalue weighted by atomic mass is 10.1. The van der Waals surface area contributed by atoms with E-state index in [2.05, 4.69) is 15.2 Å². The number of amides is 1. The van der Waals surface area contributed by atoms with Crippen LogP contribution in [0.4, 0.5) is 4.39 Å². The smallest absolute Gasteiger partial charge is 0.275 e. The first-order chi connectivity index (χ1) is 12.7. The van der Waals surface area contributed by atoms with Gasteiger partial charge in [-0.15, -0.1) is 5.10 Å². The minimum Gasteiger partial charge on any atom is -0.443 e. The first kappa shape index (κ1) is 16.4. The molecule has 0 unspecified atom stereocenters. The molecule has 132 valence electrons. The molecule has 1 atom stereocenters. The molecule has 4 rings (SSSR count). The second kappa shape index (κ2) is 7.03. The van der Waals surface area contributed by atoms with Gasteiger partial charge in [0.2, 0.25) is 5.89 Å². The predicted molar refractivity (Wildman–Crippen MR) is 90.8 cm³/mol. The van der Waals surface area contributed by atoms with Gasteiger partial charge < -0.3 is 9.32 Å². The average Bonchev–Trinajstić information content (AvgIpc) is 3.33. The Labute approximate surface area is 149 Å². The first-order valence-electron chi connectivity index (χ1n) is 8.48. The highest BCUT2D eigenvalue weighted by Crippen LogP contribution is 2.32. The Morgan fingerprint density at radius 3 is 2.88 bits per heavy atom. The van der Waals surface area contributed by atoms with Crippen molar-refractivity contribution >= 4 is 5.91 Å². The van der Waals surface area contributed by atoms with Gasteiger partial charge in [-0.2, -0.15) is 5.10 Å². The Balaban J connectivity index is 1.51. The minimum absolute atomic E-state index is 0.168. The summed E-state index contributed by atoms with van der Waals surface area (Å²) in [7, 11) is 0. The molecule has 2 aromatic heterocycles. The Bertz CT molecular complexity index is 895. The molecule has 1 fully saturated rings. The minimum atomic E-state index is -0.267. The lowest BCUT2D eigenvalue weighted by Gasteiger charge is -2.21. The molecule has 3 aromatic rings. The summed E-state index contributed by atoms with van der Waals surface area (Å²) in [6.07, 6.45) is 5.41. The van der Waals surface area contributed by atoms with Crippen LogP contribution in [0.3, 0.4) is 0 Å². The van der Waals surface area contributed by atoms with Crippen LogP contribution in [0.25, 0.3) is 0 Å². The van der Waals surface area contributed by atoms with Crippen molar-refractivity contribution in [1.82, 2.24) is 20.1 Å². The fourth-order valence-corrected chi connectivity index (χ4v) is 3.19. The molecular formula is C19H17FN4O2. The number of hydrogen-bond donors (Lipinski definition) is 0. The van der Waals surface area contributed by atoms with E-state index >= 15 is 0 Å². The van der Waals surface area contributed by atoms with E-state index in [-0.39, 0.29) is 17.8 Å². The maximum absolute atomic E-state index is 13.0. The van der Waals surface area contributed by atoms with Crippen LogP contribution in [0, 0.1) is 5.82 Å². The molecule has 7 heteroatoms. The van der Waals surface area contributed by atoms with E-state index in [4.69, 9.17) is 4.42 Å². The van der Waals surface area contributed by atoms with E-state index < -0.39 is 0 Å². The largest absolute Gasteiger partial charge is 0.443 e. The van der Waals surface area contributed by atoms with Crippen molar-refractivity contribution in [3.63, 3.8) is 0 Å². The van der Waals surface area contributed by atoms with Crippen molar-refractivity contribution in [3.8, 4) is 0 Å². The van der Waals surface area contributed by atoms with E-state index in [0.29, 0.717) is 30.3 Å². The van der Waals surface area contributed by atoms with Gasteiger partial charge in [0.25, 0.3) is 5.91 Å². The fourth-order valence-electron chi connectivity index (χ4n) is 3.19.